The Bertz CT molecular complexity index is 735. The highest BCUT2D eigenvalue weighted by Gasteiger charge is 2.06. The number of carbonyl (C=O) groups excluding carboxylic acids is 1. The molecule has 2 rings (SSSR count). The van der Waals surface area contributed by atoms with E-state index >= 15 is 0 Å². The van der Waals surface area contributed by atoms with Crippen LogP contribution in [-0.4, -0.2) is 55.5 Å². The molecule has 0 spiro atoms. The van der Waals surface area contributed by atoms with Crippen LogP contribution in [0.3, 0.4) is 0 Å². The number of hydrogen-bond donors (Lipinski definition) is 2. The number of nitrogens with zero attached hydrogens (tertiary/aromatic N) is 3. The van der Waals surface area contributed by atoms with E-state index in [4.69, 9.17) is 0 Å². The lowest BCUT2D eigenvalue weighted by atomic mass is 10.1. The third kappa shape index (κ3) is 7.38. The Morgan fingerprint density at radius 2 is 1.78 bits per heavy atom. The van der Waals surface area contributed by atoms with Gasteiger partial charge >= 0.3 is 0 Å². The van der Waals surface area contributed by atoms with Crippen molar-refractivity contribution in [2.75, 3.05) is 33.7 Å². The second-order valence-electron chi connectivity index (χ2n) is 6.54. The number of aryl methyl sites for hydroxylation is 2. The first kappa shape index (κ1) is 20.9. The van der Waals surface area contributed by atoms with Crippen molar-refractivity contribution < 1.29 is 4.79 Å². The number of benzene rings is 1. The van der Waals surface area contributed by atoms with Crippen LogP contribution in [0.15, 0.2) is 35.3 Å². The normalized spacial score (nSPS) is 11.3. The summed E-state index contributed by atoms with van der Waals surface area (Å²) in [7, 11) is 3.47. The van der Waals surface area contributed by atoms with Crippen LogP contribution in [0.1, 0.15) is 21.1 Å². The Balaban J connectivity index is 1.87. The van der Waals surface area contributed by atoms with Crippen LogP contribution in [0.5, 0.6) is 0 Å². The fraction of sp³-hybridized carbons (Fsp3) is 0.450. The van der Waals surface area contributed by atoms with Crippen LogP contribution in [0.25, 0.3) is 0 Å². The SMILES string of the molecule is Cc1nc(CCNC(=NCC(=O)N(C)C)NCCc2ccccc2)sc1C. The highest BCUT2D eigenvalue weighted by molar-refractivity contribution is 7.11. The molecule has 0 atom stereocenters. The molecule has 2 aromatic rings. The zero-order valence-corrected chi connectivity index (χ0v) is 17.4. The van der Waals surface area contributed by atoms with Crippen molar-refractivity contribution in [3.8, 4) is 0 Å². The summed E-state index contributed by atoms with van der Waals surface area (Å²) < 4.78 is 0. The Morgan fingerprint density at radius 1 is 1.11 bits per heavy atom. The van der Waals surface area contributed by atoms with Gasteiger partial charge in [-0.15, -0.1) is 11.3 Å². The molecule has 0 aliphatic rings. The molecule has 2 N–H and O–H groups in total. The van der Waals surface area contributed by atoms with Gasteiger partial charge in [0.25, 0.3) is 0 Å². The zero-order valence-electron chi connectivity index (χ0n) is 16.6. The minimum Gasteiger partial charge on any atom is -0.356 e. The van der Waals surface area contributed by atoms with Gasteiger partial charge in [-0.05, 0) is 25.8 Å². The Labute approximate surface area is 165 Å². The molecule has 0 unspecified atom stereocenters. The van der Waals surface area contributed by atoms with Gasteiger partial charge in [0, 0.05) is 38.5 Å². The summed E-state index contributed by atoms with van der Waals surface area (Å²) >= 11 is 1.73. The van der Waals surface area contributed by atoms with Crippen LogP contribution in [0, 0.1) is 13.8 Å². The third-order valence-electron chi connectivity index (χ3n) is 4.12. The molecule has 6 nitrogen and oxygen atoms in total. The van der Waals surface area contributed by atoms with Gasteiger partial charge in [-0.25, -0.2) is 9.98 Å². The maximum absolute atomic E-state index is 11.8. The summed E-state index contributed by atoms with van der Waals surface area (Å²) in [6, 6.07) is 10.3. The monoisotopic (exact) mass is 387 g/mol. The van der Waals surface area contributed by atoms with E-state index < -0.39 is 0 Å². The van der Waals surface area contributed by atoms with Crippen molar-refractivity contribution in [2.45, 2.75) is 26.7 Å². The first-order valence-corrected chi connectivity index (χ1v) is 9.96. The number of thiazole rings is 1. The van der Waals surface area contributed by atoms with Crippen molar-refractivity contribution in [1.29, 1.82) is 0 Å². The highest BCUT2D eigenvalue weighted by Crippen LogP contribution is 2.16. The number of rotatable bonds is 8. The number of likely N-dealkylation sites (N-methyl/N-ethyl adjacent to an activating group) is 1. The summed E-state index contributed by atoms with van der Waals surface area (Å²) in [4.78, 5) is 23.6. The third-order valence-corrected chi connectivity index (χ3v) is 5.26. The minimum absolute atomic E-state index is 0.0228. The second-order valence-corrected chi connectivity index (χ2v) is 7.83. The van der Waals surface area contributed by atoms with Crippen molar-refractivity contribution in [3.63, 3.8) is 0 Å². The molecule has 1 aromatic heterocycles. The molecule has 0 bridgehead atoms. The molecule has 27 heavy (non-hydrogen) atoms. The molecule has 0 radical (unpaired) electrons. The number of carbonyl (C=O) groups is 1. The largest absolute Gasteiger partial charge is 0.356 e. The van der Waals surface area contributed by atoms with E-state index in [1.807, 2.05) is 25.1 Å². The van der Waals surface area contributed by atoms with E-state index in [1.165, 1.54) is 10.4 Å². The average molecular weight is 388 g/mol. The molecular weight excluding hydrogens is 358 g/mol. The summed E-state index contributed by atoms with van der Waals surface area (Å²) in [6.45, 7) is 5.73. The molecule has 0 fully saturated rings. The lowest BCUT2D eigenvalue weighted by Gasteiger charge is -2.13. The van der Waals surface area contributed by atoms with Crippen LogP contribution >= 0.6 is 11.3 Å². The van der Waals surface area contributed by atoms with Gasteiger partial charge in [0.2, 0.25) is 5.91 Å². The molecule has 1 heterocycles. The van der Waals surface area contributed by atoms with E-state index in [9.17, 15) is 4.79 Å². The molecule has 146 valence electrons. The first-order chi connectivity index (χ1) is 13.0. The topological polar surface area (TPSA) is 69.6 Å². The smallest absolute Gasteiger partial charge is 0.243 e. The standard InChI is InChI=1S/C20H29N5OS/c1-15-16(2)27-18(24-15)11-13-22-20(23-14-19(26)25(3)4)21-12-10-17-8-6-5-7-9-17/h5-9H,10-14H2,1-4H3,(H2,21,22,23). The van der Waals surface area contributed by atoms with Gasteiger partial charge in [-0.3, -0.25) is 4.79 Å². The molecule has 0 aliphatic heterocycles. The number of hydrogen-bond acceptors (Lipinski definition) is 4. The van der Waals surface area contributed by atoms with E-state index in [-0.39, 0.29) is 12.5 Å². The van der Waals surface area contributed by atoms with Crippen molar-refractivity contribution >= 4 is 23.2 Å². The summed E-state index contributed by atoms with van der Waals surface area (Å²) in [5.74, 6) is 0.636. The van der Waals surface area contributed by atoms with Gasteiger partial charge in [-0.2, -0.15) is 0 Å². The molecular formula is C20H29N5OS. The maximum atomic E-state index is 11.8. The highest BCUT2D eigenvalue weighted by atomic mass is 32.1. The molecule has 7 heteroatoms. The average Bonchev–Trinajstić information content (AvgIpc) is 2.97. The predicted molar refractivity (Wildman–Crippen MR) is 112 cm³/mol. The molecule has 1 amide bonds. The molecule has 0 saturated heterocycles. The minimum atomic E-state index is -0.0228. The second kappa shape index (κ2) is 10.7. The lowest BCUT2D eigenvalue weighted by Crippen LogP contribution is -2.40. The molecule has 0 aliphatic carbocycles. The zero-order chi connectivity index (χ0) is 19.6. The van der Waals surface area contributed by atoms with Crippen LogP contribution in [0.2, 0.25) is 0 Å². The van der Waals surface area contributed by atoms with E-state index in [0.717, 1.165) is 36.6 Å². The van der Waals surface area contributed by atoms with Crippen molar-refractivity contribution in [3.05, 3.63) is 51.5 Å². The quantitative estimate of drug-likeness (QED) is 0.538. The predicted octanol–water partition coefficient (Wildman–Crippen LogP) is 2.17. The summed E-state index contributed by atoms with van der Waals surface area (Å²) in [5.41, 5.74) is 2.36. The number of aromatic nitrogens is 1. The number of aliphatic imine (C=N–C) groups is 1. The molecule has 0 saturated carbocycles. The fourth-order valence-corrected chi connectivity index (χ4v) is 3.30. The van der Waals surface area contributed by atoms with Gasteiger partial charge in [0.1, 0.15) is 6.54 Å². The first-order valence-electron chi connectivity index (χ1n) is 9.15. The van der Waals surface area contributed by atoms with Crippen LogP contribution < -0.4 is 10.6 Å². The number of guanidine groups is 1. The van der Waals surface area contributed by atoms with Gasteiger partial charge in [0.05, 0.1) is 10.7 Å². The van der Waals surface area contributed by atoms with E-state index in [0.29, 0.717) is 5.96 Å². The summed E-state index contributed by atoms with van der Waals surface area (Å²) in [5, 5.41) is 7.75. The van der Waals surface area contributed by atoms with Gasteiger partial charge < -0.3 is 15.5 Å². The fourth-order valence-electron chi connectivity index (χ4n) is 2.37. The lowest BCUT2D eigenvalue weighted by molar-refractivity contribution is -0.127. The Kier molecular flexibility index (Phi) is 8.26. The molecule has 1 aromatic carbocycles. The number of amides is 1. The van der Waals surface area contributed by atoms with Crippen molar-refractivity contribution in [2.24, 2.45) is 4.99 Å². The Hall–Kier alpha value is -2.41. The Morgan fingerprint density at radius 3 is 2.37 bits per heavy atom. The van der Waals surface area contributed by atoms with E-state index in [1.54, 1.807) is 30.3 Å². The van der Waals surface area contributed by atoms with E-state index in [2.05, 4.69) is 39.7 Å². The van der Waals surface area contributed by atoms with Crippen molar-refractivity contribution in [1.82, 2.24) is 20.5 Å². The van der Waals surface area contributed by atoms with Gasteiger partial charge in [-0.1, -0.05) is 30.3 Å². The summed E-state index contributed by atoms with van der Waals surface area (Å²) in [6.07, 6.45) is 1.73. The number of nitrogens with one attached hydrogen (secondary N) is 2. The van der Waals surface area contributed by atoms with Gasteiger partial charge in [0.15, 0.2) is 5.96 Å². The van der Waals surface area contributed by atoms with Crippen LogP contribution in [0.4, 0.5) is 0 Å². The van der Waals surface area contributed by atoms with Crippen LogP contribution in [-0.2, 0) is 17.6 Å². The maximum Gasteiger partial charge on any atom is 0.243 e.